The molecule has 0 spiro atoms. The lowest BCUT2D eigenvalue weighted by atomic mass is 10.1. The molecule has 1 unspecified atom stereocenters. The first-order chi connectivity index (χ1) is 4.59. The highest BCUT2D eigenvalue weighted by Gasteiger charge is 2.22. The SMILES string of the molecule is C=CCC(C(=O)O)C(O)O. The lowest BCUT2D eigenvalue weighted by molar-refractivity contribution is -0.158. The van der Waals surface area contributed by atoms with Crippen molar-refractivity contribution in [2.75, 3.05) is 0 Å². The van der Waals surface area contributed by atoms with Crippen LogP contribution in [0.1, 0.15) is 6.42 Å². The van der Waals surface area contributed by atoms with E-state index in [1.165, 1.54) is 6.08 Å². The van der Waals surface area contributed by atoms with Gasteiger partial charge in [-0.05, 0) is 6.42 Å². The van der Waals surface area contributed by atoms with Gasteiger partial charge in [-0.1, -0.05) is 6.08 Å². The van der Waals surface area contributed by atoms with Crippen LogP contribution in [0.5, 0.6) is 0 Å². The summed E-state index contributed by atoms with van der Waals surface area (Å²) in [4.78, 5) is 10.2. The number of aliphatic hydroxyl groups is 2. The molecule has 0 aliphatic carbocycles. The van der Waals surface area contributed by atoms with Gasteiger partial charge in [-0.2, -0.15) is 0 Å². The van der Waals surface area contributed by atoms with E-state index >= 15 is 0 Å². The van der Waals surface area contributed by atoms with E-state index in [4.69, 9.17) is 15.3 Å². The predicted octanol–water partition coefficient (Wildman–Crippen LogP) is -0.426. The zero-order valence-electron chi connectivity index (χ0n) is 5.40. The highest BCUT2D eigenvalue weighted by atomic mass is 16.5. The summed E-state index contributed by atoms with van der Waals surface area (Å²) < 4.78 is 0. The Kier molecular flexibility index (Phi) is 3.68. The number of aliphatic hydroxyl groups excluding tert-OH is 1. The van der Waals surface area contributed by atoms with Crippen LogP contribution in [0.4, 0.5) is 0 Å². The Bertz CT molecular complexity index is 130. The molecule has 0 heterocycles. The van der Waals surface area contributed by atoms with E-state index < -0.39 is 18.2 Å². The summed E-state index contributed by atoms with van der Waals surface area (Å²) in [5.74, 6) is -2.38. The monoisotopic (exact) mass is 146 g/mol. The Labute approximate surface area is 58.4 Å². The molecule has 0 aromatic rings. The van der Waals surface area contributed by atoms with Gasteiger partial charge in [0.05, 0.1) is 0 Å². The molecule has 58 valence electrons. The Balaban J connectivity index is 3.97. The largest absolute Gasteiger partial charge is 0.481 e. The van der Waals surface area contributed by atoms with Gasteiger partial charge >= 0.3 is 5.97 Å². The van der Waals surface area contributed by atoms with Gasteiger partial charge in [0.1, 0.15) is 5.92 Å². The Hall–Kier alpha value is -0.870. The molecule has 0 fully saturated rings. The molecule has 0 rings (SSSR count). The smallest absolute Gasteiger partial charge is 0.311 e. The third kappa shape index (κ3) is 2.61. The molecule has 0 bridgehead atoms. The second-order valence-corrected chi connectivity index (χ2v) is 1.88. The van der Waals surface area contributed by atoms with E-state index in [9.17, 15) is 4.79 Å². The van der Waals surface area contributed by atoms with Crippen LogP contribution in [-0.4, -0.2) is 27.6 Å². The van der Waals surface area contributed by atoms with Crippen LogP contribution in [0.3, 0.4) is 0 Å². The molecule has 0 aromatic carbocycles. The van der Waals surface area contributed by atoms with Gasteiger partial charge in [-0.25, -0.2) is 0 Å². The van der Waals surface area contributed by atoms with Crippen molar-refractivity contribution in [3.63, 3.8) is 0 Å². The van der Waals surface area contributed by atoms with E-state index in [0.717, 1.165) is 0 Å². The van der Waals surface area contributed by atoms with Crippen molar-refractivity contribution in [2.45, 2.75) is 12.7 Å². The quantitative estimate of drug-likeness (QED) is 0.371. The van der Waals surface area contributed by atoms with Crippen molar-refractivity contribution in [3.05, 3.63) is 12.7 Å². The van der Waals surface area contributed by atoms with E-state index in [-0.39, 0.29) is 6.42 Å². The fraction of sp³-hybridized carbons (Fsp3) is 0.500. The van der Waals surface area contributed by atoms with Crippen LogP contribution in [-0.2, 0) is 4.79 Å². The maximum atomic E-state index is 10.2. The van der Waals surface area contributed by atoms with E-state index in [0.29, 0.717) is 0 Å². The van der Waals surface area contributed by atoms with Gasteiger partial charge in [0.2, 0.25) is 0 Å². The summed E-state index contributed by atoms with van der Waals surface area (Å²) in [6.45, 7) is 3.28. The third-order valence-corrected chi connectivity index (χ3v) is 1.10. The van der Waals surface area contributed by atoms with Gasteiger partial charge in [-0.3, -0.25) is 4.79 Å². The molecule has 10 heavy (non-hydrogen) atoms. The minimum atomic E-state index is -1.81. The first-order valence-corrected chi connectivity index (χ1v) is 2.79. The van der Waals surface area contributed by atoms with Crippen molar-refractivity contribution in [3.8, 4) is 0 Å². The zero-order valence-corrected chi connectivity index (χ0v) is 5.40. The highest BCUT2D eigenvalue weighted by Crippen LogP contribution is 2.07. The molecule has 0 saturated carbocycles. The lowest BCUT2D eigenvalue weighted by Gasteiger charge is -2.10. The number of aliphatic carboxylic acids is 1. The van der Waals surface area contributed by atoms with Gasteiger partial charge in [0.25, 0.3) is 0 Å². The van der Waals surface area contributed by atoms with E-state index in [1.54, 1.807) is 0 Å². The van der Waals surface area contributed by atoms with Crippen LogP contribution in [0.15, 0.2) is 12.7 Å². The van der Waals surface area contributed by atoms with Crippen LogP contribution in [0, 0.1) is 5.92 Å². The number of carboxylic acids is 1. The molecular weight excluding hydrogens is 136 g/mol. The highest BCUT2D eigenvalue weighted by molar-refractivity contribution is 5.70. The first-order valence-electron chi connectivity index (χ1n) is 2.79. The Morgan fingerprint density at radius 3 is 2.20 bits per heavy atom. The lowest BCUT2D eigenvalue weighted by Crippen LogP contribution is -2.26. The van der Waals surface area contributed by atoms with Crippen molar-refractivity contribution in [1.29, 1.82) is 0 Å². The maximum Gasteiger partial charge on any atom is 0.311 e. The fourth-order valence-electron chi connectivity index (χ4n) is 0.530. The molecule has 3 N–H and O–H groups in total. The molecule has 4 heteroatoms. The summed E-state index contributed by atoms with van der Waals surface area (Å²) in [5, 5.41) is 25.2. The maximum absolute atomic E-state index is 10.2. The molecule has 0 aliphatic rings. The van der Waals surface area contributed by atoms with Crippen LogP contribution in [0.25, 0.3) is 0 Å². The zero-order chi connectivity index (χ0) is 8.15. The fourth-order valence-corrected chi connectivity index (χ4v) is 0.530. The molecule has 1 atom stereocenters. The van der Waals surface area contributed by atoms with Crippen LogP contribution >= 0.6 is 0 Å². The van der Waals surface area contributed by atoms with Crippen LogP contribution in [0.2, 0.25) is 0 Å². The van der Waals surface area contributed by atoms with Gasteiger partial charge in [0.15, 0.2) is 6.29 Å². The number of carboxylic acid groups (broad SMARTS) is 1. The number of hydrogen-bond donors (Lipinski definition) is 3. The molecule has 0 aliphatic heterocycles. The minimum absolute atomic E-state index is 0.0625. The molecule has 0 radical (unpaired) electrons. The number of carbonyl (C=O) groups is 1. The second-order valence-electron chi connectivity index (χ2n) is 1.88. The van der Waals surface area contributed by atoms with Gasteiger partial charge < -0.3 is 15.3 Å². The molecule has 4 nitrogen and oxygen atoms in total. The summed E-state index contributed by atoms with van der Waals surface area (Å²) in [6, 6.07) is 0. The third-order valence-electron chi connectivity index (χ3n) is 1.10. The van der Waals surface area contributed by atoms with Crippen LogP contribution < -0.4 is 0 Å². The molecule has 0 amide bonds. The topological polar surface area (TPSA) is 77.8 Å². The van der Waals surface area contributed by atoms with Crippen molar-refractivity contribution in [1.82, 2.24) is 0 Å². The average molecular weight is 146 g/mol. The Morgan fingerprint density at radius 1 is 1.60 bits per heavy atom. The number of rotatable bonds is 4. The summed E-state index contributed by atoms with van der Waals surface area (Å²) in [7, 11) is 0. The van der Waals surface area contributed by atoms with Crippen molar-refractivity contribution < 1.29 is 20.1 Å². The average Bonchev–Trinajstić information content (AvgIpc) is 1.81. The predicted molar refractivity (Wildman–Crippen MR) is 34.2 cm³/mol. The first kappa shape index (κ1) is 9.13. The summed E-state index contributed by atoms with van der Waals surface area (Å²) >= 11 is 0. The normalized spacial score (nSPS) is 13.1. The number of hydrogen-bond acceptors (Lipinski definition) is 3. The molecular formula is C6H10O4. The van der Waals surface area contributed by atoms with E-state index in [2.05, 4.69) is 6.58 Å². The molecule has 0 saturated heterocycles. The number of allylic oxidation sites excluding steroid dienone is 1. The standard InChI is InChI=1S/C6H10O4/c1-2-3-4(5(7)8)6(9)10/h2,4-5,7-8H,1,3H2,(H,9,10). The minimum Gasteiger partial charge on any atom is -0.481 e. The summed E-state index contributed by atoms with van der Waals surface area (Å²) in [5.41, 5.74) is 0. The van der Waals surface area contributed by atoms with E-state index in [1.807, 2.05) is 0 Å². The van der Waals surface area contributed by atoms with Gasteiger partial charge in [0, 0.05) is 0 Å². The molecule has 0 aromatic heterocycles. The van der Waals surface area contributed by atoms with Gasteiger partial charge in [-0.15, -0.1) is 6.58 Å². The van der Waals surface area contributed by atoms with Crippen molar-refractivity contribution >= 4 is 5.97 Å². The Morgan fingerprint density at radius 2 is 2.10 bits per heavy atom. The second kappa shape index (κ2) is 4.03. The van der Waals surface area contributed by atoms with Crippen molar-refractivity contribution in [2.24, 2.45) is 5.92 Å². The summed E-state index contributed by atoms with van der Waals surface area (Å²) in [6.07, 6.45) is -0.416.